The fourth-order valence-electron chi connectivity index (χ4n) is 2.28. The third-order valence-electron chi connectivity index (χ3n) is 3.31. The highest BCUT2D eigenvalue weighted by Crippen LogP contribution is 2.23. The van der Waals surface area contributed by atoms with Crippen LogP contribution in [-0.4, -0.2) is 16.7 Å². The van der Waals surface area contributed by atoms with E-state index in [4.69, 9.17) is 0 Å². The average Bonchev–Trinajstić information content (AvgIpc) is 2.56. The van der Waals surface area contributed by atoms with Crippen LogP contribution in [-0.2, 0) is 4.79 Å². The SMILES string of the molecule is O=C1C=CN(C(=O)c2ccccc2)[C@@H](c2ccccc2)N1. The molecule has 2 amide bonds. The Labute approximate surface area is 122 Å². The standard InChI is InChI=1S/C17H14N2O2/c20-15-11-12-19(17(21)14-9-5-2-6-10-14)16(18-15)13-7-3-1-4-8-13/h1-12,16H,(H,18,20)/t16-/m0/s1. The highest BCUT2D eigenvalue weighted by atomic mass is 16.2. The van der Waals surface area contributed by atoms with Gasteiger partial charge < -0.3 is 5.32 Å². The van der Waals surface area contributed by atoms with Crippen LogP contribution in [0, 0.1) is 0 Å². The molecule has 0 saturated carbocycles. The molecule has 1 aliphatic heterocycles. The summed E-state index contributed by atoms with van der Waals surface area (Å²) in [5.74, 6) is -0.360. The number of carbonyl (C=O) groups is 2. The maximum absolute atomic E-state index is 12.6. The second kappa shape index (κ2) is 5.63. The molecule has 2 aromatic rings. The lowest BCUT2D eigenvalue weighted by Crippen LogP contribution is -2.44. The van der Waals surface area contributed by atoms with E-state index in [2.05, 4.69) is 5.32 Å². The number of nitrogens with one attached hydrogen (secondary N) is 1. The smallest absolute Gasteiger partial charge is 0.259 e. The summed E-state index contributed by atoms with van der Waals surface area (Å²) in [6.07, 6.45) is 2.41. The fraction of sp³-hybridized carbons (Fsp3) is 0.0588. The van der Waals surface area contributed by atoms with E-state index in [0.717, 1.165) is 5.56 Å². The van der Waals surface area contributed by atoms with E-state index >= 15 is 0 Å². The van der Waals surface area contributed by atoms with Crippen molar-refractivity contribution in [3.05, 3.63) is 84.1 Å². The Morgan fingerprint density at radius 3 is 2.24 bits per heavy atom. The van der Waals surface area contributed by atoms with Crippen LogP contribution < -0.4 is 5.32 Å². The van der Waals surface area contributed by atoms with E-state index in [1.165, 1.54) is 17.2 Å². The Balaban J connectivity index is 1.96. The second-order valence-electron chi connectivity index (χ2n) is 4.72. The number of amides is 2. The van der Waals surface area contributed by atoms with E-state index in [1.54, 1.807) is 12.1 Å². The van der Waals surface area contributed by atoms with Crippen molar-refractivity contribution in [1.29, 1.82) is 0 Å². The van der Waals surface area contributed by atoms with Crippen molar-refractivity contribution in [2.75, 3.05) is 0 Å². The van der Waals surface area contributed by atoms with Gasteiger partial charge in [-0.05, 0) is 17.7 Å². The summed E-state index contributed by atoms with van der Waals surface area (Å²) in [7, 11) is 0. The third kappa shape index (κ3) is 2.69. The maximum Gasteiger partial charge on any atom is 0.259 e. The van der Waals surface area contributed by atoms with Crippen molar-refractivity contribution < 1.29 is 9.59 Å². The van der Waals surface area contributed by atoms with E-state index in [0.29, 0.717) is 5.56 Å². The highest BCUT2D eigenvalue weighted by Gasteiger charge is 2.28. The average molecular weight is 278 g/mol. The minimum absolute atomic E-state index is 0.152. The van der Waals surface area contributed by atoms with Crippen LogP contribution in [0.1, 0.15) is 22.1 Å². The van der Waals surface area contributed by atoms with Crippen molar-refractivity contribution in [3.8, 4) is 0 Å². The molecule has 0 fully saturated rings. The van der Waals surface area contributed by atoms with Crippen molar-refractivity contribution in [3.63, 3.8) is 0 Å². The number of hydrogen-bond acceptors (Lipinski definition) is 2. The molecule has 0 unspecified atom stereocenters. The maximum atomic E-state index is 12.6. The van der Waals surface area contributed by atoms with Crippen LogP contribution in [0.4, 0.5) is 0 Å². The summed E-state index contributed by atoms with van der Waals surface area (Å²) in [5.41, 5.74) is 1.44. The number of benzene rings is 2. The molecule has 2 aromatic carbocycles. The Hall–Kier alpha value is -2.88. The van der Waals surface area contributed by atoms with Gasteiger partial charge in [-0.2, -0.15) is 0 Å². The largest absolute Gasteiger partial charge is 0.328 e. The van der Waals surface area contributed by atoms with Gasteiger partial charge in [0.15, 0.2) is 0 Å². The summed E-state index contributed by atoms with van der Waals surface area (Å²) >= 11 is 0. The molecule has 0 aliphatic carbocycles. The van der Waals surface area contributed by atoms with Crippen molar-refractivity contribution in [2.45, 2.75) is 6.17 Å². The zero-order valence-corrected chi connectivity index (χ0v) is 11.3. The number of nitrogens with zero attached hydrogens (tertiary/aromatic N) is 1. The van der Waals surface area contributed by atoms with Crippen LogP contribution in [0.2, 0.25) is 0 Å². The molecular formula is C17H14N2O2. The zero-order valence-electron chi connectivity index (χ0n) is 11.3. The molecule has 0 spiro atoms. The Kier molecular flexibility index (Phi) is 3.51. The lowest BCUT2D eigenvalue weighted by molar-refractivity contribution is -0.118. The van der Waals surface area contributed by atoms with Gasteiger partial charge in [0.2, 0.25) is 5.91 Å². The minimum Gasteiger partial charge on any atom is -0.328 e. The van der Waals surface area contributed by atoms with Crippen molar-refractivity contribution >= 4 is 11.8 Å². The van der Waals surface area contributed by atoms with Crippen LogP contribution >= 0.6 is 0 Å². The Morgan fingerprint density at radius 2 is 1.57 bits per heavy atom. The van der Waals surface area contributed by atoms with Gasteiger partial charge in [-0.15, -0.1) is 0 Å². The number of hydrogen-bond donors (Lipinski definition) is 1. The van der Waals surface area contributed by atoms with E-state index in [1.807, 2.05) is 48.5 Å². The van der Waals surface area contributed by atoms with Gasteiger partial charge >= 0.3 is 0 Å². The van der Waals surface area contributed by atoms with Gasteiger partial charge in [-0.1, -0.05) is 48.5 Å². The summed E-state index contributed by atoms with van der Waals surface area (Å²) < 4.78 is 0. The molecule has 0 radical (unpaired) electrons. The summed E-state index contributed by atoms with van der Waals surface area (Å²) in [6, 6.07) is 18.4. The summed E-state index contributed by atoms with van der Waals surface area (Å²) in [4.78, 5) is 25.8. The lowest BCUT2D eigenvalue weighted by Gasteiger charge is -2.32. The normalized spacial score (nSPS) is 17.4. The van der Waals surface area contributed by atoms with Crippen LogP contribution in [0.5, 0.6) is 0 Å². The Bertz CT molecular complexity index is 680. The monoisotopic (exact) mass is 278 g/mol. The molecule has 0 aromatic heterocycles. The molecule has 4 nitrogen and oxygen atoms in total. The predicted octanol–water partition coefficient (Wildman–Crippen LogP) is 2.47. The first-order chi connectivity index (χ1) is 10.3. The molecule has 1 atom stereocenters. The van der Waals surface area contributed by atoms with Crippen molar-refractivity contribution in [1.82, 2.24) is 10.2 Å². The van der Waals surface area contributed by atoms with Gasteiger partial charge in [0, 0.05) is 17.8 Å². The number of rotatable bonds is 2. The number of carbonyl (C=O) groups excluding carboxylic acids is 2. The molecule has 1 heterocycles. The van der Waals surface area contributed by atoms with Crippen LogP contribution in [0.15, 0.2) is 72.9 Å². The first-order valence-electron chi connectivity index (χ1n) is 6.67. The molecule has 21 heavy (non-hydrogen) atoms. The minimum atomic E-state index is -0.489. The van der Waals surface area contributed by atoms with Crippen LogP contribution in [0.3, 0.4) is 0 Å². The molecule has 1 N–H and O–H groups in total. The predicted molar refractivity (Wildman–Crippen MR) is 79.1 cm³/mol. The summed E-state index contributed by atoms with van der Waals surface area (Å²) in [5, 5.41) is 2.81. The quantitative estimate of drug-likeness (QED) is 0.917. The van der Waals surface area contributed by atoms with Gasteiger partial charge in [0.1, 0.15) is 6.17 Å². The zero-order chi connectivity index (χ0) is 14.7. The first kappa shape index (κ1) is 13.1. The molecule has 0 saturated heterocycles. The Morgan fingerprint density at radius 1 is 0.952 bits per heavy atom. The highest BCUT2D eigenvalue weighted by molar-refractivity contribution is 5.97. The molecule has 104 valence electrons. The lowest BCUT2D eigenvalue weighted by atomic mass is 10.1. The summed E-state index contributed by atoms with van der Waals surface area (Å²) in [6.45, 7) is 0. The molecule has 4 heteroatoms. The van der Waals surface area contributed by atoms with Gasteiger partial charge in [0.25, 0.3) is 5.91 Å². The van der Waals surface area contributed by atoms with Crippen LogP contribution in [0.25, 0.3) is 0 Å². The fourth-order valence-corrected chi connectivity index (χ4v) is 2.28. The molecule has 1 aliphatic rings. The van der Waals surface area contributed by atoms with E-state index in [9.17, 15) is 9.59 Å². The topological polar surface area (TPSA) is 49.4 Å². The first-order valence-corrected chi connectivity index (χ1v) is 6.67. The van der Waals surface area contributed by atoms with Crippen molar-refractivity contribution in [2.24, 2.45) is 0 Å². The van der Waals surface area contributed by atoms with E-state index in [-0.39, 0.29) is 11.8 Å². The van der Waals surface area contributed by atoms with E-state index < -0.39 is 6.17 Å². The second-order valence-corrected chi connectivity index (χ2v) is 4.72. The molecular weight excluding hydrogens is 264 g/mol. The van der Waals surface area contributed by atoms with Gasteiger partial charge in [-0.25, -0.2) is 0 Å². The van der Waals surface area contributed by atoms with Gasteiger partial charge in [0.05, 0.1) is 0 Å². The molecule has 3 rings (SSSR count). The van der Waals surface area contributed by atoms with Gasteiger partial charge in [-0.3, -0.25) is 14.5 Å². The molecule has 0 bridgehead atoms. The third-order valence-corrected chi connectivity index (χ3v) is 3.31.